The minimum Gasteiger partial charge on any atom is -0.477 e. The number of aliphatic imine (C=N–C) groups is 1. The van der Waals surface area contributed by atoms with Crippen LogP contribution in [0, 0.1) is 5.92 Å². The molecule has 1 heterocycles. The van der Waals surface area contributed by atoms with Crippen LogP contribution in [0.25, 0.3) is 0 Å². The molecule has 5 nitrogen and oxygen atoms in total. The van der Waals surface area contributed by atoms with Crippen molar-refractivity contribution < 1.29 is 4.74 Å². The molecule has 0 bridgehead atoms. The number of rotatable bonds is 7. The van der Waals surface area contributed by atoms with Gasteiger partial charge in [-0.2, -0.15) is 0 Å². The number of nitrogens with zero attached hydrogens (tertiary/aromatic N) is 2. The van der Waals surface area contributed by atoms with Crippen molar-refractivity contribution in [2.24, 2.45) is 16.6 Å². The van der Waals surface area contributed by atoms with Crippen LogP contribution in [-0.4, -0.2) is 24.1 Å². The van der Waals surface area contributed by atoms with E-state index in [0.717, 1.165) is 23.7 Å². The molecule has 1 aromatic heterocycles. The maximum atomic E-state index is 5.74. The molecule has 0 spiro atoms. The van der Waals surface area contributed by atoms with Crippen molar-refractivity contribution in [3.63, 3.8) is 0 Å². The fraction of sp³-hybridized carbons (Fsp3) is 0.467. The van der Waals surface area contributed by atoms with Crippen molar-refractivity contribution in [2.45, 2.75) is 26.3 Å². The number of aromatic nitrogens is 1. The SMILES string of the molecule is C=C(C)CNC(N)=NCc1ccc(OCC2CC2)nc1.I. The average Bonchev–Trinajstić information content (AvgIpc) is 3.26. The third-order valence-corrected chi connectivity index (χ3v) is 2.96. The Morgan fingerprint density at radius 3 is 2.86 bits per heavy atom. The van der Waals surface area contributed by atoms with Crippen LogP contribution < -0.4 is 15.8 Å². The monoisotopic (exact) mass is 402 g/mol. The summed E-state index contributed by atoms with van der Waals surface area (Å²) in [4.78, 5) is 8.51. The summed E-state index contributed by atoms with van der Waals surface area (Å²) < 4.78 is 5.58. The Morgan fingerprint density at radius 2 is 2.29 bits per heavy atom. The van der Waals surface area contributed by atoms with E-state index in [0.29, 0.717) is 24.9 Å². The molecule has 1 aliphatic carbocycles. The molecule has 116 valence electrons. The quantitative estimate of drug-likeness (QED) is 0.318. The second kappa shape index (κ2) is 8.86. The van der Waals surface area contributed by atoms with Crippen molar-refractivity contribution in [1.82, 2.24) is 10.3 Å². The van der Waals surface area contributed by atoms with Crippen LogP contribution in [0.4, 0.5) is 0 Å². The first-order valence-electron chi connectivity index (χ1n) is 6.89. The summed E-state index contributed by atoms with van der Waals surface area (Å²) in [6.07, 6.45) is 4.34. The normalized spacial score (nSPS) is 14.2. The minimum absolute atomic E-state index is 0. The highest BCUT2D eigenvalue weighted by atomic mass is 127. The molecule has 0 unspecified atom stereocenters. The molecule has 1 aliphatic rings. The number of guanidine groups is 1. The van der Waals surface area contributed by atoms with Crippen molar-refractivity contribution in [2.75, 3.05) is 13.2 Å². The molecule has 0 aromatic carbocycles. The molecular formula is C15H23IN4O. The van der Waals surface area contributed by atoms with Crippen LogP contribution in [0.3, 0.4) is 0 Å². The van der Waals surface area contributed by atoms with Crippen LogP contribution in [0.2, 0.25) is 0 Å². The summed E-state index contributed by atoms with van der Waals surface area (Å²) in [5, 5.41) is 2.99. The number of halogens is 1. The lowest BCUT2D eigenvalue weighted by molar-refractivity contribution is 0.288. The van der Waals surface area contributed by atoms with Crippen LogP contribution in [-0.2, 0) is 6.54 Å². The van der Waals surface area contributed by atoms with Gasteiger partial charge in [0.25, 0.3) is 0 Å². The second-order valence-corrected chi connectivity index (χ2v) is 5.27. The van der Waals surface area contributed by atoms with Gasteiger partial charge in [0.05, 0.1) is 13.2 Å². The molecule has 0 amide bonds. The molecular weight excluding hydrogens is 379 g/mol. The number of hydrogen-bond acceptors (Lipinski definition) is 3. The molecule has 2 rings (SSSR count). The summed E-state index contributed by atoms with van der Waals surface area (Å²) >= 11 is 0. The topological polar surface area (TPSA) is 72.5 Å². The summed E-state index contributed by atoms with van der Waals surface area (Å²) in [7, 11) is 0. The van der Waals surface area contributed by atoms with Gasteiger partial charge in [-0.05, 0) is 31.2 Å². The van der Waals surface area contributed by atoms with E-state index in [-0.39, 0.29) is 24.0 Å². The fourth-order valence-corrected chi connectivity index (χ4v) is 1.55. The van der Waals surface area contributed by atoms with E-state index < -0.39 is 0 Å². The Hall–Kier alpha value is -1.31. The third kappa shape index (κ3) is 7.31. The molecule has 0 radical (unpaired) electrons. The first kappa shape index (κ1) is 17.7. The zero-order valence-electron chi connectivity index (χ0n) is 12.3. The molecule has 1 saturated carbocycles. The van der Waals surface area contributed by atoms with Crippen LogP contribution in [0.1, 0.15) is 25.3 Å². The number of ether oxygens (including phenoxy) is 1. The Balaban J connectivity index is 0.00000220. The summed E-state index contributed by atoms with van der Waals surface area (Å²) in [6, 6.07) is 3.84. The van der Waals surface area contributed by atoms with Crippen LogP contribution in [0.15, 0.2) is 35.5 Å². The molecule has 3 N–H and O–H groups in total. The van der Waals surface area contributed by atoms with Gasteiger partial charge in [0, 0.05) is 18.8 Å². The maximum Gasteiger partial charge on any atom is 0.213 e. The average molecular weight is 402 g/mol. The van der Waals surface area contributed by atoms with E-state index in [2.05, 4.69) is 21.9 Å². The van der Waals surface area contributed by atoms with E-state index in [1.54, 1.807) is 6.20 Å². The zero-order chi connectivity index (χ0) is 14.4. The number of nitrogens with one attached hydrogen (secondary N) is 1. The van der Waals surface area contributed by atoms with Gasteiger partial charge >= 0.3 is 0 Å². The Morgan fingerprint density at radius 1 is 1.52 bits per heavy atom. The molecule has 0 saturated heterocycles. The number of hydrogen-bond donors (Lipinski definition) is 2. The Kier molecular flexibility index (Phi) is 7.49. The lowest BCUT2D eigenvalue weighted by Crippen LogP contribution is -2.32. The van der Waals surface area contributed by atoms with Gasteiger partial charge in [-0.3, -0.25) is 0 Å². The van der Waals surface area contributed by atoms with Crippen molar-refractivity contribution in [1.29, 1.82) is 0 Å². The van der Waals surface area contributed by atoms with Gasteiger partial charge in [0.15, 0.2) is 5.96 Å². The third-order valence-electron chi connectivity index (χ3n) is 2.96. The van der Waals surface area contributed by atoms with Gasteiger partial charge < -0.3 is 15.8 Å². The van der Waals surface area contributed by atoms with Gasteiger partial charge in [0.1, 0.15) is 0 Å². The molecule has 21 heavy (non-hydrogen) atoms. The lowest BCUT2D eigenvalue weighted by Gasteiger charge is -2.06. The smallest absolute Gasteiger partial charge is 0.213 e. The minimum atomic E-state index is 0. The van der Waals surface area contributed by atoms with Gasteiger partial charge in [-0.1, -0.05) is 18.2 Å². The summed E-state index contributed by atoms with van der Waals surface area (Å²) in [5.74, 6) is 1.83. The Labute approximate surface area is 143 Å². The second-order valence-electron chi connectivity index (χ2n) is 5.27. The van der Waals surface area contributed by atoms with E-state index in [4.69, 9.17) is 10.5 Å². The number of pyridine rings is 1. The van der Waals surface area contributed by atoms with Crippen LogP contribution >= 0.6 is 24.0 Å². The van der Waals surface area contributed by atoms with E-state index in [1.807, 2.05) is 19.1 Å². The van der Waals surface area contributed by atoms with Crippen molar-refractivity contribution in [3.05, 3.63) is 36.0 Å². The van der Waals surface area contributed by atoms with E-state index in [9.17, 15) is 0 Å². The molecule has 1 fully saturated rings. The first-order valence-corrected chi connectivity index (χ1v) is 6.89. The van der Waals surface area contributed by atoms with Crippen molar-refractivity contribution >= 4 is 29.9 Å². The van der Waals surface area contributed by atoms with Gasteiger partial charge in [-0.15, -0.1) is 24.0 Å². The molecule has 0 aliphatic heterocycles. The molecule has 1 aromatic rings. The molecule has 0 atom stereocenters. The lowest BCUT2D eigenvalue weighted by atomic mass is 10.3. The van der Waals surface area contributed by atoms with E-state index in [1.165, 1.54) is 12.8 Å². The highest BCUT2D eigenvalue weighted by Gasteiger charge is 2.21. The predicted molar refractivity (Wildman–Crippen MR) is 96.0 cm³/mol. The Bertz CT molecular complexity index is 483. The van der Waals surface area contributed by atoms with E-state index >= 15 is 0 Å². The predicted octanol–water partition coefficient (Wildman–Crippen LogP) is 2.47. The van der Waals surface area contributed by atoms with Gasteiger partial charge in [-0.25, -0.2) is 9.98 Å². The zero-order valence-corrected chi connectivity index (χ0v) is 14.7. The molecule has 6 heteroatoms. The maximum absolute atomic E-state index is 5.74. The summed E-state index contributed by atoms with van der Waals surface area (Å²) in [5.41, 5.74) is 7.76. The number of nitrogens with two attached hydrogens (primary N) is 1. The summed E-state index contributed by atoms with van der Waals surface area (Å²) in [6.45, 7) is 7.65. The first-order chi connectivity index (χ1) is 9.63. The highest BCUT2D eigenvalue weighted by molar-refractivity contribution is 14.0. The fourth-order valence-electron chi connectivity index (χ4n) is 1.55. The largest absolute Gasteiger partial charge is 0.477 e. The standard InChI is InChI=1S/C15H22N4O.HI/c1-11(2)7-18-15(16)19-9-13-5-6-14(17-8-13)20-10-12-3-4-12;/h5-6,8,12H,1,3-4,7,9-10H2,2H3,(H3,16,18,19);1H. The highest BCUT2D eigenvalue weighted by Crippen LogP contribution is 2.29. The van der Waals surface area contributed by atoms with Crippen LogP contribution in [0.5, 0.6) is 5.88 Å². The van der Waals surface area contributed by atoms with Gasteiger partial charge in [0.2, 0.25) is 5.88 Å². The van der Waals surface area contributed by atoms with Crippen molar-refractivity contribution in [3.8, 4) is 5.88 Å².